The van der Waals surface area contributed by atoms with Gasteiger partial charge in [-0.2, -0.15) is 0 Å². The maximum Gasteiger partial charge on any atom is 0.222 e. The van der Waals surface area contributed by atoms with Crippen LogP contribution < -0.4 is 0 Å². The number of rotatable bonds is 4. The van der Waals surface area contributed by atoms with Gasteiger partial charge in [-0.3, -0.25) is 0 Å². The van der Waals surface area contributed by atoms with E-state index in [9.17, 15) is 20.4 Å². The van der Waals surface area contributed by atoms with Crippen molar-refractivity contribution < 1.29 is 35.0 Å². The van der Waals surface area contributed by atoms with Gasteiger partial charge in [0, 0.05) is 0 Å². The Morgan fingerprint density at radius 3 is 2.17 bits per heavy atom. The topological polar surface area (TPSA) is 120 Å². The first-order valence-corrected chi connectivity index (χ1v) is 5.94. The summed E-state index contributed by atoms with van der Waals surface area (Å²) in [6, 6.07) is 0. The van der Waals surface area contributed by atoms with Crippen LogP contribution in [0.2, 0.25) is 0 Å². The van der Waals surface area contributed by atoms with Gasteiger partial charge in [0.25, 0.3) is 0 Å². The summed E-state index contributed by atoms with van der Waals surface area (Å²) in [5.41, 5.74) is 0. The van der Waals surface area contributed by atoms with Crippen LogP contribution in [-0.4, -0.2) is 74.6 Å². The summed E-state index contributed by atoms with van der Waals surface area (Å²) in [4.78, 5) is 0. The lowest BCUT2D eigenvalue weighted by atomic mass is 9.90. The molecule has 1 aliphatic rings. The van der Waals surface area contributed by atoms with Gasteiger partial charge in [0.15, 0.2) is 0 Å². The molecule has 0 spiro atoms. The second-order valence-corrected chi connectivity index (χ2v) is 4.84. The lowest BCUT2D eigenvalue weighted by Gasteiger charge is -2.47. The fourth-order valence-electron chi connectivity index (χ4n) is 2.02. The molecule has 18 heavy (non-hydrogen) atoms. The molecule has 1 heterocycles. The first-order chi connectivity index (χ1) is 8.24. The third-order valence-corrected chi connectivity index (χ3v) is 3.06. The van der Waals surface area contributed by atoms with Crippen LogP contribution in [0.25, 0.3) is 0 Å². The molecule has 0 aromatic carbocycles. The molecule has 108 valence electrons. The van der Waals surface area contributed by atoms with Crippen LogP contribution in [0.4, 0.5) is 0 Å². The van der Waals surface area contributed by atoms with E-state index < -0.39 is 42.9 Å². The van der Waals surface area contributed by atoms with Crippen molar-refractivity contribution in [2.45, 2.75) is 63.2 Å². The van der Waals surface area contributed by atoms with E-state index >= 15 is 0 Å². The smallest absolute Gasteiger partial charge is 0.222 e. The van der Waals surface area contributed by atoms with Crippen LogP contribution >= 0.6 is 0 Å². The second-order valence-electron chi connectivity index (χ2n) is 4.84. The van der Waals surface area contributed by atoms with Crippen LogP contribution in [0.3, 0.4) is 0 Å². The minimum Gasteiger partial charge on any atom is -0.394 e. The number of hydrogen-bond donors (Lipinski definition) is 5. The molecule has 7 heteroatoms. The molecule has 0 aliphatic carbocycles. The van der Waals surface area contributed by atoms with Crippen LogP contribution in [0.1, 0.15) is 20.8 Å². The SMILES string of the molecule is CC(C)OC(C)C1(O)O[C@H](CO)[C@H](O)[C@H](O)[C@H]1O. The number of hydrogen-bond acceptors (Lipinski definition) is 7. The first-order valence-electron chi connectivity index (χ1n) is 5.94. The molecule has 5 N–H and O–H groups in total. The predicted octanol–water partition coefficient (Wildman–Crippen LogP) is -2.04. The van der Waals surface area contributed by atoms with Gasteiger partial charge >= 0.3 is 0 Å². The Balaban J connectivity index is 2.91. The molecular weight excluding hydrogens is 244 g/mol. The number of aliphatic hydroxyl groups is 5. The third kappa shape index (κ3) is 2.83. The lowest BCUT2D eigenvalue weighted by Crippen LogP contribution is -2.69. The van der Waals surface area contributed by atoms with E-state index in [2.05, 4.69) is 0 Å². The zero-order valence-corrected chi connectivity index (χ0v) is 10.7. The highest BCUT2D eigenvalue weighted by Crippen LogP contribution is 2.32. The van der Waals surface area contributed by atoms with Gasteiger partial charge in [0.05, 0.1) is 12.7 Å². The Kier molecular flexibility index (Phi) is 5.07. The van der Waals surface area contributed by atoms with Gasteiger partial charge < -0.3 is 35.0 Å². The minimum absolute atomic E-state index is 0.226. The molecular formula is C11H22O7. The fourth-order valence-corrected chi connectivity index (χ4v) is 2.02. The zero-order valence-electron chi connectivity index (χ0n) is 10.7. The van der Waals surface area contributed by atoms with E-state index in [1.165, 1.54) is 6.92 Å². The molecule has 2 unspecified atom stereocenters. The summed E-state index contributed by atoms with van der Waals surface area (Å²) in [5, 5.41) is 48.3. The van der Waals surface area contributed by atoms with Gasteiger partial charge in [-0.15, -0.1) is 0 Å². The second kappa shape index (κ2) is 5.79. The lowest BCUT2D eigenvalue weighted by molar-refractivity contribution is -0.379. The van der Waals surface area contributed by atoms with Crippen LogP contribution in [0.15, 0.2) is 0 Å². The van der Waals surface area contributed by atoms with E-state index in [0.29, 0.717) is 0 Å². The largest absolute Gasteiger partial charge is 0.394 e. The quantitative estimate of drug-likeness (QED) is 0.398. The van der Waals surface area contributed by atoms with Crippen LogP contribution in [0, 0.1) is 0 Å². The van der Waals surface area contributed by atoms with Crippen molar-refractivity contribution in [1.82, 2.24) is 0 Å². The molecule has 6 atom stereocenters. The third-order valence-electron chi connectivity index (χ3n) is 3.06. The van der Waals surface area contributed by atoms with Gasteiger partial charge in [-0.1, -0.05) is 0 Å². The Morgan fingerprint density at radius 2 is 1.72 bits per heavy atom. The van der Waals surface area contributed by atoms with E-state index in [0.717, 1.165) is 0 Å². The predicted molar refractivity (Wildman–Crippen MR) is 60.6 cm³/mol. The van der Waals surface area contributed by atoms with E-state index in [1.807, 2.05) is 0 Å². The minimum atomic E-state index is -2.18. The fraction of sp³-hybridized carbons (Fsp3) is 1.00. The van der Waals surface area contributed by atoms with Gasteiger partial charge in [-0.25, -0.2) is 0 Å². The van der Waals surface area contributed by atoms with Crippen molar-refractivity contribution in [3.63, 3.8) is 0 Å². The number of aliphatic hydroxyl groups excluding tert-OH is 4. The summed E-state index contributed by atoms with van der Waals surface area (Å²) < 4.78 is 10.4. The molecule has 1 rings (SSSR count). The first kappa shape index (κ1) is 15.8. The molecule has 0 radical (unpaired) electrons. The van der Waals surface area contributed by atoms with Crippen molar-refractivity contribution in [3.05, 3.63) is 0 Å². The van der Waals surface area contributed by atoms with Crippen molar-refractivity contribution in [3.8, 4) is 0 Å². The Hall–Kier alpha value is -0.280. The Bertz CT molecular complexity index is 270. The maximum atomic E-state index is 10.3. The highest BCUT2D eigenvalue weighted by molar-refractivity contribution is 4.98. The van der Waals surface area contributed by atoms with Crippen LogP contribution in [-0.2, 0) is 9.47 Å². The van der Waals surface area contributed by atoms with Crippen LogP contribution in [0.5, 0.6) is 0 Å². The monoisotopic (exact) mass is 266 g/mol. The van der Waals surface area contributed by atoms with E-state index in [-0.39, 0.29) is 6.10 Å². The molecule has 7 nitrogen and oxygen atoms in total. The molecule has 0 aromatic heterocycles. The molecule has 0 aromatic rings. The molecule has 0 saturated carbocycles. The number of ether oxygens (including phenoxy) is 2. The normalized spacial score (nSPS) is 43.2. The Morgan fingerprint density at radius 1 is 1.17 bits per heavy atom. The molecule has 1 aliphatic heterocycles. The van der Waals surface area contributed by atoms with Gasteiger partial charge in [0.2, 0.25) is 5.79 Å². The Labute approximate surface area is 106 Å². The van der Waals surface area contributed by atoms with Crippen molar-refractivity contribution in [2.24, 2.45) is 0 Å². The summed E-state index contributed by atoms with van der Waals surface area (Å²) in [7, 11) is 0. The summed E-state index contributed by atoms with van der Waals surface area (Å²) >= 11 is 0. The van der Waals surface area contributed by atoms with E-state index in [1.54, 1.807) is 13.8 Å². The average molecular weight is 266 g/mol. The van der Waals surface area contributed by atoms with Crippen molar-refractivity contribution >= 4 is 0 Å². The zero-order chi connectivity index (χ0) is 14.1. The van der Waals surface area contributed by atoms with Gasteiger partial charge in [-0.05, 0) is 20.8 Å². The molecule has 1 saturated heterocycles. The summed E-state index contributed by atoms with van der Waals surface area (Å²) in [5.74, 6) is -2.18. The summed E-state index contributed by atoms with van der Waals surface area (Å²) in [6.45, 7) is 4.36. The molecule has 0 amide bonds. The highest BCUT2D eigenvalue weighted by Gasteiger charge is 2.55. The average Bonchev–Trinajstić information content (AvgIpc) is 2.30. The molecule has 1 fully saturated rings. The van der Waals surface area contributed by atoms with E-state index in [4.69, 9.17) is 14.6 Å². The maximum absolute atomic E-state index is 10.3. The van der Waals surface area contributed by atoms with Crippen molar-refractivity contribution in [2.75, 3.05) is 6.61 Å². The highest BCUT2D eigenvalue weighted by atomic mass is 16.7. The summed E-state index contributed by atoms with van der Waals surface area (Å²) in [6.07, 6.45) is -7.19. The molecule has 0 bridgehead atoms. The van der Waals surface area contributed by atoms with Gasteiger partial charge in [0.1, 0.15) is 30.5 Å². The van der Waals surface area contributed by atoms with Crippen molar-refractivity contribution in [1.29, 1.82) is 0 Å². The standard InChI is InChI=1S/C11H22O7/c1-5(2)17-6(3)11(16)10(15)9(14)8(13)7(4-12)18-11/h5-10,12-16H,4H2,1-3H3/t6?,7-,8+,9+,10-,11?/m1/s1.